The molecule has 3 aromatic rings. The maximum Gasteiger partial charge on any atom is 0.218 e. The Labute approximate surface area is 143 Å². The minimum absolute atomic E-state index is 0.165. The van der Waals surface area contributed by atoms with Crippen LogP contribution < -0.4 is 5.32 Å². The summed E-state index contributed by atoms with van der Waals surface area (Å²) in [5, 5.41) is 21.5. The first-order chi connectivity index (χ1) is 11.4. The van der Waals surface area contributed by atoms with Crippen LogP contribution in [-0.4, -0.2) is 15.2 Å². The van der Waals surface area contributed by atoms with Gasteiger partial charge in [-0.2, -0.15) is 0 Å². The van der Waals surface area contributed by atoms with E-state index in [0.29, 0.717) is 10.9 Å². The van der Waals surface area contributed by atoms with Gasteiger partial charge in [0.15, 0.2) is 5.69 Å². The number of rotatable bonds is 2. The molecule has 0 spiro atoms. The van der Waals surface area contributed by atoms with Crippen molar-refractivity contribution in [3.8, 4) is 5.88 Å². The van der Waals surface area contributed by atoms with Gasteiger partial charge < -0.3 is 15.4 Å². The molecule has 0 aliphatic rings. The van der Waals surface area contributed by atoms with Crippen LogP contribution in [0.5, 0.6) is 5.88 Å². The number of fused-ring (bicyclic) bond motifs is 1. The number of nitrogens with one attached hydrogen (secondary N) is 2. The van der Waals surface area contributed by atoms with Gasteiger partial charge in [0.25, 0.3) is 0 Å². The summed E-state index contributed by atoms with van der Waals surface area (Å²) in [4.78, 5) is 2.65. The lowest BCUT2D eigenvalue weighted by Crippen LogP contribution is -2.06. The number of aromatic hydroxyl groups is 1. The van der Waals surface area contributed by atoms with E-state index in [2.05, 4.69) is 20.5 Å². The molecular formula is C17H15FN4OS. The minimum Gasteiger partial charge on any atom is -0.493 e. The first kappa shape index (κ1) is 16.1. The molecule has 0 amide bonds. The lowest BCUT2D eigenvalue weighted by atomic mass is 10.1. The van der Waals surface area contributed by atoms with E-state index in [-0.39, 0.29) is 16.7 Å². The van der Waals surface area contributed by atoms with Crippen molar-refractivity contribution in [2.75, 3.05) is 5.32 Å². The Morgan fingerprint density at radius 3 is 2.75 bits per heavy atom. The number of aryl methyl sites for hydroxylation is 2. The molecule has 3 N–H and O–H groups in total. The van der Waals surface area contributed by atoms with Crippen LogP contribution in [0.3, 0.4) is 0 Å². The summed E-state index contributed by atoms with van der Waals surface area (Å²) in [6.45, 7) is 3.98. The summed E-state index contributed by atoms with van der Waals surface area (Å²) in [5.41, 5.74) is 3.69. The van der Waals surface area contributed by atoms with E-state index in [1.807, 2.05) is 32.0 Å². The Morgan fingerprint density at radius 1 is 1.21 bits per heavy atom. The molecule has 0 atom stereocenters. The minimum atomic E-state index is -0.403. The van der Waals surface area contributed by atoms with Gasteiger partial charge in [0.1, 0.15) is 5.82 Å². The first-order valence-electron chi connectivity index (χ1n) is 7.24. The van der Waals surface area contributed by atoms with Gasteiger partial charge >= 0.3 is 0 Å². The van der Waals surface area contributed by atoms with Gasteiger partial charge in [0.2, 0.25) is 11.0 Å². The van der Waals surface area contributed by atoms with E-state index < -0.39 is 5.82 Å². The van der Waals surface area contributed by atoms with E-state index in [1.54, 1.807) is 0 Å². The molecule has 1 aromatic heterocycles. The van der Waals surface area contributed by atoms with Crippen LogP contribution in [0.1, 0.15) is 11.1 Å². The standard InChI is InChI=1S/C17H15FN4OS/c1-9-3-6-13(10(2)7-9)20-17(24)22-21-15-12-5-4-11(18)8-14(12)19-16(15)23/h3-8,19,23H,1-2H3,(H,20,24). The Kier molecular flexibility index (Phi) is 4.26. The van der Waals surface area contributed by atoms with E-state index >= 15 is 0 Å². The molecule has 1 heterocycles. The smallest absolute Gasteiger partial charge is 0.218 e. The van der Waals surface area contributed by atoms with Crippen molar-refractivity contribution in [1.82, 2.24) is 4.98 Å². The van der Waals surface area contributed by atoms with Gasteiger partial charge in [0.05, 0.1) is 5.52 Å². The Hall–Kier alpha value is -2.80. The van der Waals surface area contributed by atoms with Crippen LogP contribution in [-0.2, 0) is 0 Å². The maximum absolute atomic E-state index is 13.2. The van der Waals surface area contributed by atoms with Crippen molar-refractivity contribution in [2.24, 2.45) is 10.2 Å². The lowest BCUT2D eigenvalue weighted by molar-refractivity contribution is 0.459. The summed E-state index contributed by atoms with van der Waals surface area (Å²) in [6, 6.07) is 10.0. The van der Waals surface area contributed by atoms with Crippen molar-refractivity contribution >= 4 is 39.6 Å². The maximum atomic E-state index is 13.2. The van der Waals surface area contributed by atoms with E-state index in [4.69, 9.17) is 12.2 Å². The van der Waals surface area contributed by atoms with Gasteiger partial charge in [-0.3, -0.25) is 0 Å². The summed E-state index contributed by atoms with van der Waals surface area (Å²) in [6.07, 6.45) is 0. The third kappa shape index (κ3) is 3.26. The first-order valence-corrected chi connectivity index (χ1v) is 7.65. The molecule has 3 rings (SSSR count). The second kappa shape index (κ2) is 6.37. The second-order valence-electron chi connectivity index (χ2n) is 5.46. The highest BCUT2D eigenvalue weighted by molar-refractivity contribution is 7.80. The number of benzene rings is 2. The third-order valence-corrected chi connectivity index (χ3v) is 3.76. The quantitative estimate of drug-likeness (QED) is 0.447. The highest BCUT2D eigenvalue weighted by atomic mass is 32.1. The van der Waals surface area contributed by atoms with Crippen LogP contribution in [0.2, 0.25) is 0 Å². The monoisotopic (exact) mass is 342 g/mol. The second-order valence-corrected chi connectivity index (χ2v) is 5.85. The fourth-order valence-corrected chi connectivity index (χ4v) is 2.58. The number of aromatic nitrogens is 1. The zero-order valence-corrected chi connectivity index (χ0v) is 13.9. The number of anilines is 1. The molecule has 122 valence electrons. The van der Waals surface area contributed by atoms with Gasteiger partial charge in [-0.25, -0.2) is 4.39 Å². The molecule has 0 saturated carbocycles. The molecule has 0 bridgehead atoms. The number of thiocarbonyl (C=S) groups is 1. The Morgan fingerprint density at radius 2 is 2.00 bits per heavy atom. The predicted octanol–water partition coefficient (Wildman–Crippen LogP) is 5.11. The average Bonchev–Trinajstić information content (AvgIpc) is 2.82. The molecule has 0 aliphatic heterocycles. The van der Waals surface area contributed by atoms with Crippen LogP contribution in [0, 0.1) is 19.7 Å². The molecule has 7 heteroatoms. The van der Waals surface area contributed by atoms with Gasteiger partial charge in [-0.15, -0.1) is 10.2 Å². The zero-order chi connectivity index (χ0) is 17.3. The molecule has 0 unspecified atom stereocenters. The zero-order valence-electron chi connectivity index (χ0n) is 13.1. The number of azo groups is 1. The van der Waals surface area contributed by atoms with Gasteiger partial charge in [0, 0.05) is 11.1 Å². The number of halogens is 1. The SMILES string of the molecule is Cc1ccc(NC(=S)N=Nc2c(O)[nH]c3cc(F)ccc23)c(C)c1. The largest absolute Gasteiger partial charge is 0.493 e. The summed E-state index contributed by atoms with van der Waals surface area (Å²) in [7, 11) is 0. The van der Waals surface area contributed by atoms with Crippen molar-refractivity contribution < 1.29 is 9.50 Å². The number of nitrogens with zero attached hydrogens (tertiary/aromatic N) is 2. The molecule has 24 heavy (non-hydrogen) atoms. The fraction of sp³-hybridized carbons (Fsp3) is 0.118. The van der Waals surface area contributed by atoms with E-state index in [0.717, 1.165) is 16.8 Å². The predicted molar refractivity (Wildman–Crippen MR) is 96.6 cm³/mol. The van der Waals surface area contributed by atoms with E-state index in [9.17, 15) is 9.50 Å². The lowest BCUT2D eigenvalue weighted by Gasteiger charge is -2.07. The Balaban J connectivity index is 1.83. The van der Waals surface area contributed by atoms with Crippen LogP contribution >= 0.6 is 12.2 Å². The summed E-state index contributed by atoms with van der Waals surface area (Å²) >= 11 is 5.17. The highest BCUT2D eigenvalue weighted by Crippen LogP contribution is 2.35. The van der Waals surface area contributed by atoms with Crippen molar-refractivity contribution in [3.05, 3.63) is 53.3 Å². The number of aromatic amines is 1. The topological polar surface area (TPSA) is 72.8 Å². The normalized spacial score (nSPS) is 11.3. The van der Waals surface area contributed by atoms with Crippen LogP contribution in [0.15, 0.2) is 46.6 Å². The van der Waals surface area contributed by atoms with Gasteiger partial charge in [-0.1, -0.05) is 17.7 Å². The molecule has 5 nitrogen and oxygen atoms in total. The van der Waals surface area contributed by atoms with Crippen LogP contribution in [0.25, 0.3) is 10.9 Å². The average molecular weight is 342 g/mol. The van der Waals surface area contributed by atoms with Gasteiger partial charge in [-0.05, 0) is 55.9 Å². The van der Waals surface area contributed by atoms with Crippen LogP contribution in [0.4, 0.5) is 15.8 Å². The molecular weight excluding hydrogens is 327 g/mol. The highest BCUT2D eigenvalue weighted by Gasteiger charge is 2.11. The van der Waals surface area contributed by atoms with Crippen molar-refractivity contribution in [1.29, 1.82) is 0 Å². The molecule has 0 aliphatic carbocycles. The third-order valence-electron chi connectivity index (χ3n) is 3.58. The molecule has 0 fully saturated rings. The van der Waals surface area contributed by atoms with E-state index in [1.165, 1.54) is 18.2 Å². The van der Waals surface area contributed by atoms with Crippen molar-refractivity contribution in [3.63, 3.8) is 0 Å². The summed E-state index contributed by atoms with van der Waals surface area (Å²) < 4.78 is 13.2. The number of H-pyrrole nitrogens is 1. The Bertz CT molecular complexity index is 965. The molecule has 2 aromatic carbocycles. The number of hydrogen-bond acceptors (Lipinski definition) is 3. The summed E-state index contributed by atoms with van der Waals surface area (Å²) in [5.74, 6) is -0.590. The molecule has 0 radical (unpaired) electrons. The fourth-order valence-electron chi connectivity index (χ4n) is 2.43. The number of hydrogen-bond donors (Lipinski definition) is 3. The van der Waals surface area contributed by atoms with Crippen molar-refractivity contribution in [2.45, 2.75) is 13.8 Å². The molecule has 0 saturated heterocycles.